The summed E-state index contributed by atoms with van der Waals surface area (Å²) in [5.41, 5.74) is 4.38. The van der Waals surface area contributed by atoms with E-state index in [0.717, 1.165) is 28.0 Å². The zero-order chi connectivity index (χ0) is 13.0. The minimum Gasteiger partial charge on any atom is -0.387 e. The molecule has 0 aliphatic carbocycles. The molecule has 1 aromatic carbocycles. The zero-order valence-electron chi connectivity index (χ0n) is 10.5. The molecule has 18 heavy (non-hydrogen) atoms. The summed E-state index contributed by atoms with van der Waals surface area (Å²) in [6.45, 7) is 2.15. The number of nitrogens with one attached hydrogen (secondary N) is 2. The van der Waals surface area contributed by atoms with Gasteiger partial charge in [0.25, 0.3) is 0 Å². The molecule has 2 rings (SSSR count). The van der Waals surface area contributed by atoms with Crippen molar-refractivity contribution in [2.24, 2.45) is 0 Å². The van der Waals surface area contributed by atoms with Gasteiger partial charge in [0, 0.05) is 17.2 Å². The fourth-order valence-corrected chi connectivity index (χ4v) is 2.19. The Morgan fingerprint density at radius 3 is 2.67 bits per heavy atom. The lowest BCUT2D eigenvalue weighted by molar-refractivity contribution is 1.14. The molecule has 0 unspecified atom stereocenters. The molecule has 1 heterocycles. The first-order valence-electron chi connectivity index (χ1n) is 5.91. The Labute approximate surface area is 116 Å². The van der Waals surface area contributed by atoms with E-state index >= 15 is 0 Å². The minimum atomic E-state index is 0.985. The molecular formula is C14H16BrN3. The predicted molar refractivity (Wildman–Crippen MR) is 80.6 cm³/mol. The van der Waals surface area contributed by atoms with E-state index in [9.17, 15) is 0 Å². The van der Waals surface area contributed by atoms with Crippen molar-refractivity contribution in [3.05, 3.63) is 46.7 Å². The van der Waals surface area contributed by atoms with Gasteiger partial charge >= 0.3 is 0 Å². The molecule has 0 aliphatic heterocycles. The Morgan fingerprint density at radius 1 is 1.17 bits per heavy atom. The molecule has 2 N–H and O–H groups in total. The highest BCUT2D eigenvalue weighted by Crippen LogP contribution is 2.25. The smallest absolute Gasteiger partial charge is 0.0591 e. The molecule has 0 saturated carbocycles. The quantitative estimate of drug-likeness (QED) is 0.889. The van der Waals surface area contributed by atoms with Crippen LogP contribution in [0.4, 0.5) is 17.1 Å². The molecule has 4 heteroatoms. The van der Waals surface area contributed by atoms with Crippen LogP contribution in [0.25, 0.3) is 0 Å². The van der Waals surface area contributed by atoms with Crippen LogP contribution in [0.1, 0.15) is 12.5 Å². The van der Waals surface area contributed by atoms with Crippen LogP contribution < -0.4 is 10.6 Å². The van der Waals surface area contributed by atoms with Gasteiger partial charge in [0.05, 0.1) is 23.8 Å². The van der Waals surface area contributed by atoms with Gasteiger partial charge in [0.15, 0.2) is 0 Å². The Morgan fingerprint density at radius 2 is 1.94 bits per heavy atom. The Kier molecular flexibility index (Phi) is 4.20. The molecule has 0 atom stereocenters. The van der Waals surface area contributed by atoms with Crippen LogP contribution >= 0.6 is 15.9 Å². The van der Waals surface area contributed by atoms with Crippen molar-refractivity contribution < 1.29 is 0 Å². The summed E-state index contributed by atoms with van der Waals surface area (Å²) in [6.07, 6.45) is 4.61. The van der Waals surface area contributed by atoms with Crippen LogP contribution in [-0.4, -0.2) is 12.0 Å². The van der Waals surface area contributed by atoms with Crippen molar-refractivity contribution in [1.29, 1.82) is 0 Å². The fraction of sp³-hybridized carbons (Fsp3) is 0.214. The third-order valence-electron chi connectivity index (χ3n) is 2.75. The second-order valence-corrected chi connectivity index (χ2v) is 4.91. The predicted octanol–water partition coefficient (Wildman–Crippen LogP) is 4.19. The summed E-state index contributed by atoms with van der Waals surface area (Å²) < 4.78 is 1.10. The molecule has 1 aromatic heterocycles. The summed E-state index contributed by atoms with van der Waals surface area (Å²) in [5, 5.41) is 6.48. The average Bonchev–Trinajstić information content (AvgIpc) is 2.41. The normalized spacial score (nSPS) is 10.2. The molecule has 0 fully saturated rings. The SMILES string of the molecule is CCc1cc(Br)ccc1Nc1cncc(NC)c1. The molecule has 0 amide bonds. The molecule has 0 aliphatic rings. The van der Waals surface area contributed by atoms with Crippen LogP contribution in [-0.2, 0) is 6.42 Å². The third kappa shape index (κ3) is 3.01. The van der Waals surface area contributed by atoms with Gasteiger partial charge in [-0.25, -0.2) is 0 Å². The largest absolute Gasteiger partial charge is 0.387 e. The van der Waals surface area contributed by atoms with Crippen LogP contribution in [0.5, 0.6) is 0 Å². The number of hydrogen-bond donors (Lipinski definition) is 2. The van der Waals surface area contributed by atoms with Crippen LogP contribution in [0.2, 0.25) is 0 Å². The molecule has 0 radical (unpaired) electrons. The third-order valence-corrected chi connectivity index (χ3v) is 3.25. The summed E-state index contributed by atoms with van der Waals surface area (Å²) in [5.74, 6) is 0. The Hall–Kier alpha value is -1.55. The standard InChI is InChI=1S/C14H16BrN3/c1-3-10-6-11(15)4-5-14(10)18-13-7-12(16-2)8-17-9-13/h4-9,16,18H,3H2,1-2H3. The lowest BCUT2D eigenvalue weighted by Crippen LogP contribution is -1.97. The number of pyridine rings is 1. The Balaban J connectivity index is 2.27. The van der Waals surface area contributed by atoms with Crippen molar-refractivity contribution in [2.75, 3.05) is 17.7 Å². The lowest BCUT2D eigenvalue weighted by Gasteiger charge is -2.12. The first-order chi connectivity index (χ1) is 8.72. The summed E-state index contributed by atoms with van der Waals surface area (Å²) in [4.78, 5) is 4.19. The van der Waals surface area contributed by atoms with Crippen molar-refractivity contribution >= 4 is 33.0 Å². The molecule has 0 bridgehead atoms. The van der Waals surface area contributed by atoms with E-state index in [1.807, 2.05) is 25.4 Å². The maximum atomic E-state index is 4.19. The van der Waals surface area contributed by atoms with Crippen LogP contribution in [0.15, 0.2) is 41.1 Å². The minimum absolute atomic E-state index is 0.985. The van der Waals surface area contributed by atoms with E-state index in [1.165, 1.54) is 5.56 Å². The maximum Gasteiger partial charge on any atom is 0.0591 e. The first kappa shape index (κ1) is 12.9. The number of anilines is 3. The van der Waals surface area contributed by atoms with Crippen molar-refractivity contribution in [3.8, 4) is 0 Å². The van der Waals surface area contributed by atoms with E-state index in [4.69, 9.17) is 0 Å². The zero-order valence-corrected chi connectivity index (χ0v) is 12.1. The molecule has 0 saturated heterocycles. The maximum absolute atomic E-state index is 4.19. The second kappa shape index (κ2) is 5.87. The fourth-order valence-electron chi connectivity index (χ4n) is 1.78. The van der Waals surface area contributed by atoms with E-state index in [1.54, 1.807) is 6.20 Å². The number of hydrogen-bond acceptors (Lipinski definition) is 3. The van der Waals surface area contributed by atoms with Gasteiger partial charge in [0.1, 0.15) is 0 Å². The topological polar surface area (TPSA) is 37.0 Å². The van der Waals surface area contributed by atoms with Crippen molar-refractivity contribution in [1.82, 2.24) is 4.98 Å². The van der Waals surface area contributed by atoms with Gasteiger partial charge in [-0.1, -0.05) is 22.9 Å². The van der Waals surface area contributed by atoms with Gasteiger partial charge in [-0.05, 0) is 36.2 Å². The number of aromatic nitrogens is 1. The number of rotatable bonds is 4. The molecule has 2 aromatic rings. The summed E-state index contributed by atoms with van der Waals surface area (Å²) >= 11 is 3.50. The van der Waals surface area contributed by atoms with E-state index in [2.05, 4.69) is 50.6 Å². The monoisotopic (exact) mass is 305 g/mol. The van der Waals surface area contributed by atoms with Gasteiger partial charge in [0.2, 0.25) is 0 Å². The van der Waals surface area contributed by atoms with Crippen molar-refractivity contribution in [2.45, 2.75) is 13.3 Å². The van der Waals surface area contributed by atoms with Crippen molar-refractivity contribution in [3.63, 3.8) is 0 Å². The number of aryl methyl sites for hydroxylation is 1. The van der Waals surface area contributed by atoms with Crippen LogP contribution in [0, 0.1) is 0 Å². The summed E-state index contributed by atoms with van der Waals surface area (Å²) in [6, 6.07) is 8.29. The molecular weight excluding hydrogens is 290 g/mol. The molecule has 94 valence electrons. The van der Waals surface area contributed by atoms with Gasteiger partial charge < -0.3 is 10.6 Å². The van der Waals surface area contributed by atoms with Gasteiger partial charge in [-0.15, -0.1) is 0 Å². The van der Waals surface area contributed by atoms with E-state index in [0.29, 0.717) is 0 Å². The van der Waals surface area contributed by atoms with E-state index < -0.39 is 0 Å². The Bertz CT molecular complexity index is 540. The van der Waals surface area contributed by atoms with E-state index in [-0.39, 0.29) is 0 Å². The number of nitrogens with zero attached hydrogens (tertiary/aromatic N) is 1. The highest BCUT2D eigenvalue weighted by atomic mass is 79.9. The number of benzene rings is 1. The van der Waals surface area contributed by atoms with Gasteiger partial charge in [-0.2, -0.15) is 0 Å². The number of halogens is 1. The molecule has 3 nitrogen and oxygen atoms in total. The average molecular weight is 306 g/mol. The summed E-state index contributed by atoms with van der Waals surface area (Å²) in [7, 11) is 1.89. The molecule has 0 spiro atoms. The van der Waals surface area contributed by atoms with Gasteiger partial charge in [-0.3, -0.25) is 4.98 Å². The highest BCUT2D eigenvalue weighted by molar-refractivity contribution is 9.10. The highest BCUT2D eigenvalue weighted by Gasteiger charge is 2.03. The van der Waals surface area contributed by atoms with Crippen LogP contribution in [0.3, 0.4) is 0 Å². The second-order valence-electron chi connectivity index (χ2n) is 3.99. The first-order valence-corrected chi connectivity index (χ1v) is 6.70. The lowest BCUT2D eigenvalue weighted by atomic mass is 10.1.